The van der Waals surface area contributed by atoms with E-state index in [1.165, 1.54) is 18.2 Å². The SMILES string of the molecule is O=C(Cc1ccc(-c2ccc(Cl)cc2F)nn1)c1ccc(Oc2cc3c(cc2Cl)C(C(=O)[O-])CCO3)cc1.[Na+]. The Morgan fingerprint density at radius 2 is 1.79 bits per heavy atom. The Hall–Kier alpha value is -3.01. The molecule has 0 bridgehead atoms. The molecule has 11 heteroatoms. The van der Waals surface area contributed by atoms with E-state index in [1.54, 1.807) is 48.5 Å². The van der Waals surface area contributed by atoms with Crippen LogP contribution in [0, 0.1) is 5.82 Å². The Bertz CT molecular complexity index is 1530. The van der Waals surface area contributed by atoms with Gasteiger partial charge >= 0.3 is 29.6 Å². The zero-order chi connectivity index (χ0) is 26.8. The summed E-state index contributed by atoms with van der Waals surface area (Å²) in [6.45, 7) is 0.245. The second kappa shape index (κ2) is 12.4. The number of hydrogen-bond donors (Lipinski definition) is 0. The first kappa shape index (κ1) is 29.0. The zero-order valence-electron chi connectivity index (χ0n) is 20.6. The van der Waals surface area contributed by atoms with Crippen molar-refractivity contribution in [2.75, 3.05) is 6.61 Å². The second-order valence-electron chi connectivity index (χ2n) is 8.59. The fourth-order valence-corrected chi connectivity index (χ4v) is 4.48. The van der Waals surface area contributed by atoms with E-state index in [1.807, 2.05) is 0 Å². The molecule has 1 atom stereocenters. The van der Waals surface area contributed by atoms with Gasteiger partial charge in [0.15, 0.2) is 5.78 Å². The van der Waals surface area contributed by atoms with Crippen LogP contribution in [0.2, 0.25) is 10.0 Å². The van der Waals surface area contributed by atoms with Crippen LogP contribution in [0.25, 0.3) is 11.3 Å². The van der Waals surface area contributed by atoms with Crippen molar-refractivity contribution in [3.05, 3.63) is 99.4 Å². The van der Waals surface area contributed by atoms with Gasteiger partial charge in [-0.25, -0.2) is 4.39 Å². The fourth-order valence-electron chi connectivity index (χ4n) is 4.11. The molecule has 0 saturated carbocycles. The number of nitrogens with zero attached hydrogens (tertiary/aromatic N) is 2. The Kier molecular flexibility index (Phi) is 9.25. The molecule has 7 nitrogen and oxygen atoms in total. The third kappa shape index (κ3) is 6.59. The number of benzene rings is 3. The van der Waals surface area contributed by atoms with E-state index in [4.69, 9.17) is 32.7 Å². The number of ether oxygens (including phenoxy) is 2. The third-order valence-corrected chi connectivity index (χ3v) is 6.59. The van der Waals surface area contributed by atoms with Crippen LogP contribution in [-0.4, -0.2) is 28.6 Å². The number of aromatic nitrogens is 2. The van der Waals surface area contributed by atoms with E-state index >= 15 is 0 Å². The molecule has 39 heavy (non-hydrogen) atoms. The van der Waals surface area contributed by atoms with E-state index in [2.05, 4.69) is 10.2 Å². The number of hydrogen-bond acceptors (Lipinski definition) is 7. The Morgan fingerprint density at radius 3 is 2.46 bits per heavy atom. The normalized spacial score (nSPS) is 14.0. The predicted octanol–water partition coefficient (Wildman–Crippen LogP) is 2.43. The first-order chi connectivity index (χ1) is 18.3. The molecule has 3 aromatic carbocycles. The van der Waals surface area contributed by atoms with Crippen LogP contribution in [-0.2, 0) is 11.2 Å². The number of carboxylic acids is 1. The summed E-state index contributed by atoms with van der Waals surface area (Å²) in [5.74, 6) is -1.59. The molecule has 192 valence electrons. The monoisotopic (exact) mass is 574 g/mol. The Morgan fingerprint density at radius 1 is 1.03 bits per heavy atom. The molecule has 2 heterocycles. The van der Waals surface area contributed by atoms with Gasteiger partial charge in [0.2, 0.25) is 0 Å². The topological polar surface area (TPSA) is 101 Å². The summed E-state index contributed by atoms with van der Waals surface area (Å²) in [6, 6.07) is 17.0. The number of Topliss-reactive ketones (excluding diaryl/α,β-unsaturated/α-hetero) is 1. The minimum absolute atomic E-state index is 0. The summed E-state index contributed by atoms with van der Waals surface area (Å²) < 4.78 is 25.6. The van der Waals surface area contributed by atoms with Crippen molar-refractivity contribution in [3.8, 4) is 28.5 Å². The fraction of sp³-hybridized carbons (Fsp3) is 0.143. The van der Waals surface area contributed by atoms with Crippen LogP contribution in [0.5, 0.6) is 17.2 Å². The van der Waals surface area contributed by atoms with Gasteiger partial charge in [-0.05, 0) is 67.1 Å². The molecular formula is C28H18Cl2FN2NaO5. The molecular weight excluding hydrogens is 557 g/mol. The molecule has 5 rings (SSSR count). The number of rotatable bonds is 7. The van der Waals surface area contributed by atoms with Gasteiger partial charge in [0, 0.05) is 39.7 Å². The van der Waals surface area contributed by atoms with Gasteiger partial charge in [-0.1, -0.05) is 23.2 Å². The van der Waals surface area contributed by atoms with E-state index < -0.39 is 17.7 Å². The standard InChI is InChI=1S/C28H19Cl2FN2O5.Na/c29-16-3-7-20(23(31)11-16)24-8-4-17(32-33-24)12-25(34)15-1-5-18(6-2-15)38-27-14-26-21(13-22(27)30)19(28(35)36)9-10-37-26;/h1-8,11,13-14,19H,9-10,12H2,(H,35,36);/q;+1/p-1. The summed E-state index contributed by atoms with van der Waals surface area (Å²) in [5.41, 5.74) is 1.91. The Labute approximate surface area is 255 Å². The Balaban J connectivity index is 0.00000353. The first-order valence-corrected chi connectivity index (χ1v) is 12.3. The molecule has 1 aromatic heterocycles. The van der Waals surface area contributed by atoms with Crippen LogP contribution in [0.15, 0.2) is 66.7 Å². The molecule has 0 saturated heterocycles. The van der Waals surface area contributed by atoms with Crippen molar-refractivity contribution in [1.29, 1.82) is 0 Å². The zero-order valence-corrected chi connectivity index (χ0v) is 24.1. The molecule has 4 aromatic rings. The maximum absolute atomic E-state index is 14.1. The minimum Gasteiger partial charge on any atom is -0.549 e. The van der Waals surface area contributed by atoms with Gasteiger partial charge in [0.25, 0.3) is 0 Å². The van der Waals surface area contributed by atoms with Crippen molar-refractivity contribution in [3.63, 3.8) is 0 Å². The number of ketones is 1. The summed E-state index contributed by atoms with van der Waals surface area (Å²) in [6.07, 6.45) is 0.308. The van der Waals surface area contributed by atoms with Crippen molar-refractivity contribution in [2.45, 2.75) is 18.8 Å². The maximum atomic E-state index is 14.1. The van der Waals surface area contributed by atoms with E-state index in [-0.39, 0.29) is 69.7 Å². The summed E-state index contributed by atoms with van der Waals surface area (Å²) >= 11 is 12.1. The second-order valence-corrected chi connectivity index (χ2v) is 9.43. The molecule has 0 fully saturated rings. The number of halogens is 3. The maximum Gasteiger partial charge on any atom is 1.00 e. The number of fused-ring (bicyclic) bond motifs is 1. The molecule has 1 aliphatic heterocycles. The summed E-state index contributed by atoms with van der Waals surface area (Å²) in [5, 5.41) is 20.0. The number of aliphatic carboxylic acids is 1. The van der Waals surface area contributed by atoms with E-state index in [0.29, 0.717) is 40.4 Å². The average molecular weight is 575 g/mol. The van der Waals surface area contributed by atoms with Gasteiger partial charge in [-0.2, -0.15) is 10.2 Å². The van der Waals surface area contributed by atoms with Crippen LogP contribution >= 0.6 is 23.2 Å². The molecule has 0 aliphatic carbocycles. The van der Waals surface area contributed by atoms with Crippen LogP contribution < -0.4 is 44.1 Å². The molecule has 0 N–H and O–H groups in total. The van der Waals surface area contributed by atoms with E-state index in [0.717, 1.165) is 0 Å². The van der Waals surface area contributed by atoms with Gasteiger partial charge in [0.05, 0.1) is 29.4 Å². The van der Waals surface area contributed by atoms with Crippen molar-refractivity contribution >= 4 is 35.0 Å². The number of carbonyl (C=O) groups is 2. The van der Waals surface area contributed by atoms with Crippen molar-refractivity contribution < 1.29 is 58.1 Å². The average Bonchev–Trinajstić information content (AvgIpc) is 2.90. The van der Waals surface area contributed by atoms with Crippen LogP contribution in [0.4, 0.5) is 4.39 Å². The van der Waals surface area contributed by atoms with Crippen molar-refractivity contribution in [1.82, 2.24) is 10.2 Å². The quantitative estimate of drug-likeness (QED) is 0.247. The predicted molar refractivity (Wildman–Crippen MR) is 136 cm³/mol. The van der Waals surface area contributed by atoms with Crippen LogP contribution in [0.3, 0.4) is 0 Å². The first-order valence-electron chi connectivity index (χ1n) is 11.5. The van der Waals surface area contributed by atoms with Gasteiger partial charge in [-0.15, -0.1) is 0 Å². The van der Waals surface area contributed by atoms with E-state index in [9.17, 15) is 19.1 Å². The molecule has 0 spiro atoms. The molecule has 1 unspecified atom stereocenters. The largest absolute Gasteiger partial charge is 1.00 e. The number of carbonyl (C=O) groups excluding carboxylic acids is 2. The molecule has 0 amide bonds. The summed E-state index contributed by atoms with van der Waals surface area (Å²) in [4.78, 5) is 24.2. The van der Waals surface area contributed by atoms with Gasteiger partial charge in [0.1, 0.15) is 23.1 Å². The van der Waals surface area contributed by atoms with Crippen molar-refractivity contribution in [2.24, 2.45) is 0 Å². The van der Waals surface area contributed by atoms with Crippen LogP contribution in [0.1, 0.15) is 34.0 Å². The number of carboxylic acid groups (broad SMARTS) is 1. The third-order valence-electron chi connectivity index (χ3n) is 6.06. The minimum atomic E-state index is -1.18. The summed E-state index contributed by atoms with van der Waals surface area (Å²) in [7, 11) is 0. The smallest absolute Gasteiger partial charge is 0.549 e. The van der Waals surface area contributed by atoms with Gasteiger partial charge in [-0.3, -0.25) is 4.79 Å². The molecule has 0 radical (unpaired) electrons. The molecule has 1 aliphatic rings. The van der Waals surface area contributed by atoms with Gasteiger partial charge < -0.3 is 19.4 Å².